The second-order valence-corrected chi connectivity index (χ2v) is 6.17. The number of hydrogen-bond acceptors (Lipinski definition) is 2. The molecule has 2 aliphatic rings. The van der Waals surface area contributed by atoms with Crippen molar-refractivity contribution in [2.24, 2.45) is 11.8 Å². The Kier molecular flexibility index (Phi) is 4.26. The lowest BCUT2D eigenvalue weighted by Gasteiger charge is -2.27. The highest BCUT2D eigenvalue weighted by molar-refractivity contribution is 4.88. The fourth-order valence-corrected chi connectivity index (χ4v) is 2.82. The van der Waals surface area contributed by atoms with Crippen LogP contribution in [0.25, 0.3) is 0 Å². The van der Waals surface area contributed by atoms with E-state index in [9.17, 15) is 5.11 Å². The first-order valence-corrected chi connectivity index (χ1v) is 7.09. The quantitative estimate of drug-likeness (QED) is 0.751. The molecular weight excluding hydrogens is 198 g/mol. The SMILES string of the molecule is CC(C)CCN(CC1CCCC1O)C1CC1. The van der Waals surface area contributed by atoms with Crippen molar-refractivity contribution in [3.8, 4) is 0 Å². The molecule has 0 aromatic carbocycles. The molecule has 0 heterocycles. The summed E-state index contributed by atoms with van der Waals surface area (Å²) in [5, 5.41) is 9.89. The number of hydrogen-bond donors (Lipinski definition) is 1. The molecule has 0 spiro atoms. The summed E-state index contributed by atoms with van der Waals surface area (Å²) in [5.41, 5.74) is 0. The zero-order valence-corrected chi connectivity index (χ0v) is 10.9. The Bertz CT molecular complexity index is 213. The first-order valence-electron chi connectivity index (χ1n) is 7.09. The molecule has 0 aliphatic heterocycles. The molecule has 2 aliphatic carbocycles. The molecule has 2 atom stereocenters. The lowest BCUT2D eigenvalue weighted by atomic mass is 10.0. The third kappa shape index (κ3) is 3.46. The molecule has 94 valence electrons. The van der Waals surface area contributed by atoms with Gasteiger partial charge in [0.1, 0.15) is 0 Å². The number of aliphatic hydroxyl groups excluding tert-OH is 1. The van der Waals surface area contributed by atoms with Crippen LogP contribution in [0.4, 0.5) is 0 Å². The summed E-state index contributed by atoms with van der Waals surface area (Å²) in [6.07, 6.45) is 7.58. The second kappa shape index (κ2) is 5.50. The van der Waals surface area contributed by atoms with Crippen LogP contribution >= 0.6 is 0 Å². The molecule has 0 aromatic heterocycles. The largest absolute Gasteiger partial charge is 0.393 e. The topological polar surface area (TPSA) is 23.5 Å². The van der Waals surface area contributed by atoms with Crippen molar-refractivity contribution in [1.82, 2.24) is 4.90 Å². The van der Waals surface area contributed by atoms with Crippen molar-refractivity contribution in [3.63, 3.8) is 0 Å². The molecule has 1 N–H and O–H groups in total. The smallest absolute Gasteiger partial charge is 0.0580 e. The summed E-state index contributed by atoms with van der Waals surface area (Å²) in [6.45, 7) is 7.00. The standard InChI is InChI=1S/C14H27NO/c1-11(2)8-9-15(13-6-7-13)10-12-4-3-5-14(12)16/h11-14,16H,3-10H2,1-2H3. The number of nitrogens with zero attached hydrogens (tertiary/aromatic N) is 1. The van der Waals surface area contributed by atoms with Crippen LogP contribution in [-0.4, -0.2) is 35.2 Å². The molecule has 0 aromatic rings. The van der Waals surface area contributed by atoms with Crippen LogP contribution in [0.15, 0.2) is 0 Å². The summed E-state index contributed by atoms with van der Waals surface area (Å²) in [5.74, 6) is 1.36. The molecule has 2 saturated carbocycles. The minimum absolute atomic E-state index is 0.0136. The normalized spacial score (nSPS) is 30.6. The maximum Gasteiger partial charge on any atom is 0.0580 e. The first kappa shape index (κ1) is 12.4. The van der Waals surface area contributed by atoms with Crippen molar-refractivity contribution in [2.45, 2.75) is 64.5 Å². The molecule has 2 rings (SSSR count). The van der Waals surface area contributed by atoms with Gasteiger partial charge < -0.3 is 10.0 Å². The Morgan fingerprint density at radius 1 is 1.19 bits per heavy atom. The molecule has 0 radical (unpaired) electrons. The zero-order valence-electron chi connectivity index (χ0n) is 10.9. The van der Waals surface area contributed by atoms with E-state index < -0.39 is 0 Å². The maximum absolute atomic E-state index is 9.89. The van der Waals surface area contributed by atoms with Crippen LogP contribution in [0, 0.1) is 11.8 Å². The highest BCUT2D eigenvalue weighted by atomic mass is 16.3. The van der Waals surface area contributed by atoms with Crippen molar-refractivity contribution in [1.29, 1.82) is 0 Å². The van der Waals surface area contributed by atoms with Crippen LogP contribution in [-0.2, 0) is 0 Å². The van der Waals surface area contributed by atoms with E-state index >= 15 is 0 Å². The van der Waals surface area contributed by atoms with Crippen LogP contribution in [0.3, 0.4) is 0 Å². The van der Waals surface area contributed by atoms with E-state index in [1.165, 1.54) is 38.6 Å². The highest BCUT2D eigenvalue weighted by Gasteiger charge is 2.33. The molecular formula is C14H27NO. The Balaban J connectivity index is 1.77. The summed E-state index contributed by atoms with van der Waals surface area (Å²) < 4.78 is 0. The summed E-state index contributed by atoms with van der Waals surface area (Å²) in [6, 6.07) is 0.853. The van der Waals surface area contributed by atoms with Gasteiger partial charge in [0.25, 0.3) is 0 Å². The van der Waals surface area contributed by atoms with E-state index in [0.717, 1.165) is 24.9 Å². The van der Waals surface area contributed by atoms with Gasteiger partial charge in [0.05, 0.1) is 6.10 Å². The Labute approximate surface area is 100 Å². The van der Waals surface area contributed by atoms with Gasteiger partial charge in [-0.3, -0.25) is 0 Å². The Hall–Kier alpha value is -0.0800. The van der Waals surface area contributed by atoms with Crippen molar-refractivity contribution >= 4 is 0 Å². The van der Waals surface area contributed by atoms with Gasteiger partial charge in [0.15, 0.2) is 0 Å². The molecule has 0 saturated heterocycles. The Morgan fingerprint density at radius 2 is 1.94 bits per heavy atom. The lowest BCUT2D eigenvalue weighted by molar-refractivity contribution is 0.0974. The van der Waals surface area contributed by atoms with Gasteiger partial charge in [0, 0.05) is 12.6 Å². The van der Waals surface area contributed by atoms with Crippen LogP contribution in [0.1, 0.15) is 52.4 Å². The molecule has 2 unspecified atom stereocenters. The summed E-state index contributed by atoms with van der Waals surface area (Å²) in [7, 11) is 0. The van der Waals surface area contributed by atoms with Gasteiger partial charge in [-0.2, -0.15) is 0 Å². The fourth-order valence-electron chi connectivity index (χ4n) is 2.82. The lowest BCUT2D eigenvalue weighted by Crippen LogP contribution is -2.35. The summed E-state index contributed by atoms with van der Waals surface area (Å²) >= 11 is 0. The molecule has 0 bridgehead atoms. The average molecular weight is 225 g/mol. The van der Waals surface area contributed by atoms with Crippen LogP contribution < -0.4 is 0 Å². The van der Waals surface area contributed by atoms with Gasteiger partial charge in [-0.15, -0.1) is 0 Å². The van der Waals surface area contributed by atoms with E-state index in [1.54, 1.807) is 0 Å². The zero-order chi connectivity index (χ0) is 11.5. The predicted molar refractivity (Wildman–Crippen MR) is 67.4 cm³/mol. The van der Waals surface area contributed by atoms with Crippen LogP contribution in [0.2, 0.25) is 0 Å². The van der Waals surface area contributed by atoms with E-state index in [-0.39, 0.29) is 6.10 Å². The molecule has 2 nitrogen and oxygen atoms in total. The third-order valence-corrected chi connectivity index (χ3v) is 4.14. The predicted octanol–water partition coefficient (Wildman–Crippen LogP) is 2.66. The minimum atomic E-state index is -0.0136. The fraction of sp³-hybridized carbons (Fsp3) is 1.00. The van der Waals surface area contributed by atoms with Crippen molar-refractivity contribution in [2.75, 3.05) is 13.1 Å². The Morgan fingerprint density at radius 3 is 2.44 bits per heavy atom. The molecule has 2 heteroatoms. The van der Waals surface area contributed by atoms with Gasteiger partial charge in [0.2, 0.25) is 0 Å². The second-order valence-electron chi connectivity index (χ2n) is 6.17. The van der Waals surface area contributed by atoms with E-state index in [4.69, 9.17) is 0 Å². The van der Waals surface area contributed by atoms with E-state index in [1.807, 2.05) is 0 Å². The van der Waals surface area contributed by atoms with Crippen molar-refractivity contribution in [3.05, 3.63) is 0 Å². The summed E-state index contributed by atoms with van der Waals surface area (Å²) in [4.78, 5) is 2.65. The van der Waals surface area contributed by atoms with Crippen LogP contribution in [0.5, 0.6) is 0 Å². The number of aliphatic hydroxyl groups is 1. The van der Waals surface area contributed by atoms with Crippen molar-refractivity contribution < 1.29 is 5.11 Å². The van der Waals surface area contributed by atoms with E-state index in [0.29, 0.717) is 5.92 Å². The third-order valence-electron chi connectivity index (χ3n) is 4.14. The monoisotopic (exact) mass is 225 g/mol. The molecule has 0 amide bonds. The molecule has 2 fully saturated rings. The van der Waals surface area contributed by atoms with Gasteiger partial charge in [-0.1, -0.05) is 20.3 Å². The van der Waals surface area contributed by atoms with Gasteiger partial charge in [-0.25, -0.2) is 0 Å². The minimum Gasteiger partial charge on any atom is -0.393 e. The maximum atomic E-state index is 9.89. The van der Waals surface area contributed by atoms with Gasteiger partial charge >= 0.3 is 0 Å². The number of rotatable bonds is 6. The average Bonchev–Trinajstić information content (AvgIpc) is 2.99. The first-order chi connectivity index (χ1) is 7.66. The van der Waals surface area contributed by atoms with E-state index in [2.05, 4.69) is 18.7 Å². The molecule has 16 heavy (non-hydrogen) atoms. The highest BCUT2D eigenvalue weighted by Crippen LogP contribution is 2.32. The van der Waals surface area contributed by atoms with Gasteiger partial charge in [-0.05, 0) is 50.5 Å².